The van der Waals surface area contributed by atoms with Gasteiger partial charge in [-0.15, -0.1) is 11.8 Å². The van der Waals surface area contributed by atoms with E-state index in [9.17, 15) is 14.4 Å². The van der Waals surface area contributed by atoms with E-state index >= 15 is 0 Å². The molecule has 0 N–H and O–H groups in total. The summed E-state index contributed by atoms with van der Waals surface area (Å²) in [6.45, 7) is 3.65. The monoisotopic (exact) mass is 480 g/mol. The topological polar surface area (TPSA) is 90.0 Å². The van der Waals surface area contributed by atoms with Crippen molar-refractivity contribution in [2.75, 3.05) is 55.6 Å². The highest BCUT2D eigenvalue weighted by Crippen LogP contribution is 2.40. The molecule has 1 aromatic carbocycles. The van der Waals surface area contributed by atoms with Gasteiger partial charge < -0.3 is 19.6 Å². The molecule has 2 aromatic rings. The van der Waals surface area contributed by atoms with Crippen molar-refractivity contribution in [3.8, 4) is 0 Å². The number of aromatic nitrogens is 2. The first-order valence-electron chi connectivity index (χ1n) is 11.8. The standard InChI is InChI=1S/C24H28N6O3S/c31-20(27-13-15-29(16-14-27)24-25-9-6-10-26-24)17-30-18-7-2-3-8-19(18)34-21(23(30)33)22(32)28-11-4-1-5-12-28/h2-3,6-10,21H,1,4-5,11-17H2/t21-/m0/s1. The van der Waals surface area contributed by atoms with Gasteiger partial charge in [0.15, 0.2) is 5.25 Å². The molecule has 1 atom stereocenters. The molecule has 2 fully saturated rings. The van der Waals surface area contributed by atoms with E-state index in [1.54, 1.807) is 28.3 Å². The van der Waals surface area contributed by atoms with Crippen LogP contribution < -0.4 is 9.80 Å². The van der Waals surface area contributed by atoms with Crippen LogP contribution in [0.2, 0.25) is 0 Å². The number of piperidine rings is 1. The van der Waals surface area contributed by atoms with E-state index in [4.69, 9.17) is 0 Å². The third-order valence-electron chi connectivity index (χ3n) is 6.54. The molecule has 0 spiro atoms. The van der Waals surface area contributed by atoms with Crippen LogP contribution in [0, 0.1) is 0 Å². The number of carbonyl (C=O) groups excluding carboxylic acids is 3. The van der Waals surface area contributed by atoms with E-state index in [-0.39, 0.29) is 24.3 Å². The Hall–Kier alpha value is -3.14. The Morgan fingerprint density at radius 2 is 1.59 bits per heavy atom. The summed E-state index contributed by atoms with van der Waals surface area (Å²) in [5, 5.41) is -0.840. The summed E-state index contributed by atoms with van der Waals surface area (Å²) in [4.78, 5) is 56.5. The zero-order valence-corrected chi connectivity index (χ0v) is 19.8. The van der Waals surface area contributed by atoms with Crippen LogP contribution in [0.5, 0.6) is 0 Å². The summed E-state index contributed by atoms with van der Waals surface area (Å²) in [6, 6.07) is 9.29. The minimum Gasteiger partial charge on any atom is -0.341 e. The molecule has 10 heteroatoms. The molecular formula is C24H28N6O3S. The second-order valence-electron chi connectivity index (χ2n) is 8.69. The lowest BCUT2D eigenvalue weighted by Gasteiger charge is -2.38. The summed E-state index contributed by atoms with van der Waals surface area (Å²) < 4.78 is 0. The van der Waals surface area contributed by atoms with Crippen molar-refractivity contribution in [1.82, 2.24) is 19.8 Å². The van der Waals surface area contributed by atoms with Crippen LogP contribution in [0.3, 0.4) is 0 Å². The average molecular weight is 481 g/mol. The van der Waals surface area contributed by atoms with E-state index in [1.165, 1.54) is 16.7 Å². The number of para-hydroxylation sites is 1. The van der Waals surface area contributed by atoms with E-state index in [1.807, 2.05) is 24.3 Å². The van der Waals surface area contributed by atoms with Crippen LogP contribution in [-0.2, 0) is 14.4 Å². The normalized spacial score (nSPS) is 20.8. The number of nitrogens with zero attached hydrogens (tertiary/aromatic N) is 6. The highest BCUT2D eigenvalue weighted by atomic mass is 32.2. The maximum Gasteiger partial charge on any atom is 0.250 e. The molecule has 0 aliphatic carbocycles. The highest BCUT2D eigenvalue weighted by molar-refractivity contribution is 8.01. The Morgan fingerprint density at radius 1 is 0.882 bits per heavy atom. The van der Waals surface area contributed by atoms with Gasteiger partial charge in [0.1, 0.15) is 6.54 Å². The van der Waals surface area contributed by atoms with Gasteiger partial charge in [0.25, 0.3) is 5.91 Å². The maximum atomic E-state index is 13.5. The smallest absolute Gasteiger partial charge is 0.250 e. The second-order valence-corrected chi connectivity index (χ2v) is 9.84. The van der Waals surface area contributed by atoms with Gasteiger partial charge in [-0.25, -0.2) is 9.97 Å². The minimum atomic E-state index is -0.840. The minimum absolute atomic E-state index is 0.0674. The fraction of sp³-hybridized carbons (Fsp3) is 0.458. The number of amides is 3. The van der Waals surface area contributed by atoms with Gasteiger partial charge in [-0.1, -0.05) is 12.1 Å². The Kier molecular flexibility index (Phi) is 6.66. The van der Waals surface area contributed by atoms with Crippen LogP contribution in [0.25, 0.3) is 0 Å². The second kappa shape index (κ2) is 10.0. The molecule has 9 nitrogen and oxygen atoms in total. The van der Waals surface area contributed by atoms with Gasteiger partial charge in [0.2, 0.25) is 17.8 Å². The zero-order chi connectivity index (χ0) is 23.5. The van der Waals surface area contributed by atoms with Crippen LogP contribution in [-0.4, -0.2) is 88.6 Å². The average Bonchev–Trinajstić information content (AvgIpc) is 2.90. The van der Waals surface area contributed by atoms with Gasteiger partial charge in [0.05, 0.1) is 5.69 Å². The summed E-state index contributed by atoms with van der Waals surface area (Å²) in [5.41, 5.74) is 0.699. The molecule has 3 aliphatic rings. The number of piperazine rings is 1. The van der Waals surface area contributed by atoms with Crippen LogP contribution in [0.4, 0.5) is 11.6 Å². The van der Waals surface area contributed by atoms with Crippen molar-refractivity contribution >= 4 is 41.1 Å². The number of fused-ring (bicyclic) bond motifs is 1. The molecule has 1 aromatic heterocycles. The molecule has 34 heavy (non-hydrogen) atoms. The highest BCUT2D eigenvalue weighted by Gasteiger charge is 2.41. The van der Waals surface area contributed by atoms with Crippen LogP contribution in [0.1, 0.15) is 19.3 Å². The first-order chi connectivity index (χ1) is 16.6. The van der Waals surface area contributed by atoms with E-state index in [0.717, 1.165) is 24.2 Å². The largest absolute Gasteiger partial charge is 0.341 e. The molecule has 0 radical (unpaired) electrons. The van der Waals surface area contributed by atoms with Crippen molar-refractivity contribution in [2.45, 2.75) is 29.4 Å². The fourth-order valence-electron chi connectivity index (χ4n) is 4.66. The van der Waals surface area contributed by atoms with Crippen molar-refractivity contribution in [3.05, 3.63) is 42.7 Å². The lowest BCUT2D eigenvalue weighted by atomic mass is 10.1. The molecule has 0 bridgehead atoms. The Balaban J connectivity index is 1.28. The number of rotatable bonds is 4. The Bertz CT molecular complexity index is 1050. The van der Waals surface area contributed by atoms with Gasteiger partial charge in [-0.3, -0.25) is 14.4 Å². The van der Waals surface area contributed by atoms with Crippen molar-refractivity contribution in [3.63, 3.8) is 0 Å². The molecule has 5 rings (SSSR count). The molecule has 4 heterocycles. The van der Waals surface area contributed by atoms with Gasteiger partial charge in [-0.2, -0.15) is 0 Å². The first-order valence-corrected chi connectivity index (χ1v) is 12.7. The van der Waals surface area contributed by atoms with Crippen molar-refractivity contribution in [2.24, 2.45) is 0 Å². The lowest BCUT2D eigenvalue weighted by molar-refractivity contribution is -0.137. The van der Waals surface area contributed by atoms with Crippen LogP contribution in [0.15, 0.2) is 47.6 Å². The predicted octanol–water partition coefficient (Wildman–Crippen LogP) is 1.65. The maximum absolute atomic E-state index is 13.5. The lowest BCUT2D eigenvalue weighted by Crippen LogP contribution is -2.55. The molecule has 178 valence electrons. The molecule has 0 unspecified atom stereocenters. The molecule has 0 saturated carbocycles. The quantitative estimate of drug-likeness (QED) is 0.615. The van der Waals surface area contributed by atoms with E-state index in [2.05, 4.69) is 14.9 Å². The summed E-state index contributed by atoms with van der Waals surface area (Å²) in [5.74, 6) is 0.0979. The SMILES string of the molecule is O=C(CN1C(=O)[C@H](C(=O)N2CCCCC2)Sc2ccccc21)N1CCN(c2ncccn2)CC1. The third kappa shape index (κ3) is 4.59. The number of likely N-dealkylation sites (tertiary alicyclic amines) is 1. The van der Waals surface area contributed by atoms with E-state index in [0.29, 0.717) is 50.9 Å². The van der Waals surface area contributed by atoms with Gasteiger partial charge in [0, 0.05) is 56.6 Å². The number of anilines is 2. The van der Waals surface area contributed by atoms with Gasteiger partial charge in [-0.05, 0) is 37.5 Å². The summed E-state index contributed by atoms with van der Waals surface area (Å²) >= 11 is 1.30. The molecule has 2 saturated heterocycles. The molecule has 3 aliphatic heterocycles. The number of carbonyl (C=O) groups is 3. The number of benzene rings is 1. The fourth-order valence-corrected chi connectivity index (χ4v) is 5.85. The Labute approximate surface area is 203 Å². The molecule has 3 amide bonds. The first kappa shape index (κ1) is 22.6. The van der Waals surface area contributed by atoms with Crippen molar-refractivity contribution in [1.29, 1.82) is 0 Å². The Morgan fingerprint density at radius 3 is 2.32 bits per heavy atom. The summed E-state index contributed by atoms with van der Waals surface area (Å²) in [7, 11) is 0. The van der Waals surface area contributed by atoms with Gasteiger partial charge >= 0.3 is 0 Å². The number of hydrogen-bond acceptors (Lipinski definition) is 7. The number of hydrogen-bond donors (Lipinski definition) is 0. The number of thioether (sulfide) groups is 1. The predicted molar refractivity (Wildman–Crippen MR) is 130 cm³/mol. The summed E-state index contributed by atoms with van der Waals surface area (Å²) in [6.07, 6.45) is 6.46. The van der Waals surface area contributed by atoms with E-state index < -0.39 is 5.25 Å². The van der Waals surface area contributed by atoms with Crippen molar-refractivity contribution < 1.29 is 14.4 Å². The van der Waals surface area contributed by atoms with Crippen LogP contribution >= 0.6 is 11.8 Å². The third-order valence-corrected chi connectivity index (χ3v) is 7.78. The molecular weight excluding hydrogens is 452 g/mol. The zero-order valence-electron chi connectivity index (χ0n) is 19.0.